The molecule has 0 atom stereocenters. The predicted octanol–water partition coefficient (Wildman–Crippen LogP) is 10.0. The second-order valence-electron chi connectivity index (χ2n) is 10.6. The molecule has 0 amide bonds. The Labute approximate surface area is 307 Å². The first kappa shape index (κ1) is 36.7. The lowest BCUT2D eigenvalue weighted by Gasteiger charge is -2.17. The Morgan fingerprint density at radius 2 is 0.902 bits per heavy atom. The molecule has 0 radical (unpaired) electrons. The van der Waals surface area contributed by atoms with Crippen molar-refractivity contribution in [3.8, 4) is 0 Å². The molecule has 5 nitrogen and oxygen atoms in total. The van der Waals surface area contributed by atoms with Crippen LogP contribution in [-0.4, -0.2) is 28.4 Å². The van der Waals surface area contributed by atoms with Crippen molar-refractivity contribution < 1.29 is 30.4 Å². The molecule has 0 saturated heterocycles. The molecule has 2 aliphatic heterocycles. The fourth-order valence-electron chi connectivity index (χ4n) is 4.89. The number of hydrogen-bond donors (Lipinski definition) is 0. The first-order valence-corrected chi connectivity index (χ1v) is 20.5. The highest BCUT2D eigenvalue weighted by atomic mass is 32.2. The number of nitrogens with zero attached hydrogens (tertiary/aromatic N) is 1. The van der Waals surface area contributed by atoms with Gasteiger partial charge in [0, 0.05) is 20.9 Å². The average molecular weight is 778 g/mol. The molecule has 2 heterocycles. The van der Waals surface area contributed by atoms with Crippen LogP contribution in [0.2, 0.25) is 0 Å². The van der Waals surface area contributed by atoms with Gasteiger partial charge in [-0.3, -0.25) is 0 Å². The van der Waals surface area contributed by atoms with E-state index in [2.05, 4.69) is 109 Å². The molecule has 2 aliphatic rings. The summed E-state index contributed by atoms with van der Waals surface area (Å²) in [6.07, 6.45) is 0. The SMILES string of the molecule is O=S(=O)([O-])C(F)(F)F.O=S1c2ccccc2Sc2ccccc21.c1ccc(C(=N[S+]2c3ccccc3Sc3ccccc32)c2ccccc2)cc1. The Balaban J connectivity index is 0.000000162. The van der Waals surface area contributed by atoms with Gasteiger partial charge in [0.05, 0.1) is 30.4 Å². The van der Waals surface area contributed by atoms with E-state index in [-0.39, 0.29) is 11.1 Å². The largest absolute Gasteiger partial charge is 0.741 e. The van der Waals surface area contributed by atoms with Crippen molar-refractivity contribution in [1.82, 2.24) is 0 Å². The molecule has 0 aliphatic carbocycles. The van der Waals surface area contributed by atoms with Crippen LogP contribution in [-0.2, 0) is 32.0 Å². The molecular weight excluding hydrogens is 752 g/mol. The van der Waals surface area contributed by atoms with E-state index in [9.17, 15) is 17.4 Å². The Bertz CT molecular complexity index is 2190. The lowest BCUT2D eigenvalue weighted by atomic mass is 10.0. The zero-order chi connectivity index (χ0) is 36.0. The van der Waals surface area contributed by atoms with Crippen molar-refractivity contribution in [2.24, 2.45) is 4.40 Å². The van der Waals surface area contributed by atoms with Crippen molar-refractivity contribution >= 4 is 61.2 Å². The molecule has 8 rings (SSSR count). The fraction of sp³-hybridized carbons (Fsp3) is 0.0263. The summed E-state index contributed by atoms with van der Waals surface area (Å²) in [4.78, 5) is 9.28. The lowest BCUT2D eigenvalue weighted by molar-refractivity contribution is -0.0517. The Kier molecular flexibility index (Phi) is 11.5. The molecule has 0 fully saturated rings. The van der Waals surface area contributed by atoms with Crippen LogP contribution in [0.5, 0.6) is 0 Å². The van der Waals surface area contributed by atoms with E-state index >= 15 is 0 Å². The van der Waals surface area contributed by atoms with Gasteiger partial charge >= 0.3 is 5.51 Å². The number of benzene rings is 6. The second kappa shape index (κ2) is 16.1. The molecule has 0 N–H and O–H groups in total. The van der Waals surface area contributed by atoms with E-state index in [1.807, 2.05) is 60.3 Å². The summed E-state index contributed by atoms with van der Waals surface area (Å²) in [5.74, 6) is 0. The standard InChI is InChI=1S/C25H18NS2.C12H8OS2.CHF3O3S/c1-3-11-19(12-4-1)25(20-13-5-2-6-14-20)26-28-23-17-9-7-15-21(23)27-22-16-8-10-18-24(22)28;13-15-11-7-3-1-5-9(11)14-10-6-2-4-8-12(10)15;2-1(3,4)8(5,6)7/h1-18H;1-8H;(H,5,6,7)/q+1;;/p-1. The number of halogens is 3. The molecule has 6 aromatic carbocycles. The van der Waals surface area contributed by atoms with Crippen molar-refractivity contribution in [3.63, 3.8) is 0 Å². The van der Waals surface area contributed by atoms with E-state index in [4.69, 9.17) is 17.4 Å². The summed E-state index contributed by atoms with van der Waals surface area (Å²) in [6.45, 7) is 0. The maximum absolute atomic E-state index is 12.2. The van der Waals surface area contributed by atoms with Crippen LogP contribution in [0.3, 0.4) is 0 Å². The molecule has 0 aromatic heterocycles. The van der Waals surface area contributed by atoms with E-state index in [1.165, 1.54) is 19.6 Å². The van der Waals surface area contributed by atoms with Gasteiger partial charge in [-0.05, 0) is 52.9 Å². The van der Waals surface area contributed by atoms with Gasteiger partial charge in [0.15, 0.2) is 10.1 Å². The average Bonchev–Trinajstić information content (AvgIpc) is 3.14. The number of alkyl halides is 3. The molecule has 258 valence electrons. The molecule has 0 spiro atoms. The van der Waals surface area contributed by atoms with Crippen LogP contribution in [0.25, 0.3) is 0 Å². The van der Waals surface area contributed by atoms with Gasteiger partial charge < -0.3 is 4.55 Å². The maximum Gasteiger partial charge on any atom is 0.485 e. The topological polar surface area (TPSA) is 86.6 Å². The van der Waals surface area contributed by atoms with E-state index in [1.54, 1.807) is 11.8 Å². The fourth-order valence-corrected chi connectivity index (χ4v) is 11.0. The quantitative estimate of drug-likeness (QED) is 0.0769. The summed E-state index contributed by atoms with van der Waals surface area (Å²) in [5, 5.41) is 0. The molecule has 0 bridgehead atoms. The van der Waals surface area contributed by atoms with Crippen molar-refractivity contribution in [1.29, 1.82) is 0 Å². The van der Waals surface area contributed by atoms with Crippen molar-refractivity contribution in [3.05, 3.63) is 169 Å². The monoisotopic (exact) mass is 777 g/mol. The van der Waals surface area contributed by atoms with Gasteiger partial charge in [-0.25, -0.2) is 12.6 Å². The first-order valence-electron chi connectivity index (χ1n) is 15.1. The highest BCUT2D eigenvalue weighted by Gasteiger charge is 2.38. The third-order valence-corrected chi connectivity index (χ3v) is 14.0. The third-order valence-electron chi connectivity index (χ3n) is 7.21. The molecule has 6 aromatic rings. The smallest absolute Gasteiger partial charge is 0.485 e. The van der Waals surface area contributed by atoms with Crippen molar-refractivity contribution in [2.45, 2.75) is 44.7 Å². The first-order chi connectivity index (χ1) is 24.5. The van der Waals surface area contributed by atoms with Crippen molar-refractivity contribution in [2.75, 3.05) is 0 Å². The van der Waals surface area contributed by atoms with E-state index in [0.717, 1.165) is 36.4 Å². The van der Waals surface area contributed by atoms with Crippen LogP contribution >= 0.6 is 23.5 Å². The van der Waals surface area contributed by atoms with E-state index in [0.29, 0.717) is 0 Å². The Morgan fingerprint density at radius 3 is 1.31 bits per heavy atom. The number of rotatable bonds is 3. The summed E-state index contributed by atoms with van der Waals surface area (Å²) in [5.41, 5.74) is -2.31. The van der Waals surface area contributed by atoms with Crippen LogP contribution < -0.4 is 0 Å². The molecular formula is C38H26F3NO4S5. The highest BCUT2D eigenvalue weighted by molar-refractivity contribution is 8.03. The summed E-state index contributed by atoms with van der Waals surface area (Å²) in [7, 11) is -7.10. The minimum Gasteiger partial charge on any atom is -0.741 e. The van der Waals surface area contributed by atoms with Gasteiger partial charge in [0.1, 0.15) is 5.71 Å². The Morgan fingerprint density at radius 1 is 0.569 bits per heavy atom. The molecule has 0 unspecified atom stereocenters. The lowest BCUT2D eigenvalue weighted by Crippen LogP contribution is -2.21. The normalized spacial score (nSPS) is 13.4. The summed E-state index contributed by atoms with van der Waals surface area (Å²) < 4.78 is 76.5. The predicted molar refractivity (Wildman–Crippen MR) is 197 cm³/mol. The molecule has 13 heteroatoms. The minimum atomic E-state index is -6.09. The zero-order valence-electron chi connectivity index (χ0n) is 26.3. The van der Waals surface area contributed by atoms with Gasteiger partial charge in [-0.2, -0.15) is 13.2 Å². The second-order valence-corrected chi connectivity index (χ2v) is 17.2. The van der Waals surface area contributed by atoms with Crippen LogP contribution in [0.1, 0.15) is 11.1 Å². The van der Waals surface area contributed by atoms with Gasteiger partial charge in [0.25, 0.3) is 0 Å². The molecule has 51 heavy (non-hydrogen) atoms. The maximum atomic E-state index is 12.2. The number of hydrogen-bond acceptors (Lipinski definition) is 7. The van der Waals surface area contributed by atoms with E-state index < -0.39 is 26.4 Å². The Hall–Kier alpha value is -4.11. The van der Waals surface area contributed by atoms with Gasteiger partial charge in [-0.1, -0.05) is 133 Å². The summed E-state index contributed by atoms with van der Waals surface area (Å²) >= 11 is 3.18. The minimum absolute atomic E-state index is 0.358. The number of fused-ring (bicyclic) bond motifs is 4. The molecule has 0 saturated carbocycles. The van der Waals surface area contributed by atoms with Gasteiger partial charge in [-0.15, -0.1) is 0 Å². The van der Waals surface area contributed by atoms with Crippen LogP contribution in [0.4, 0.5) is 13.2 Å². The highest BCUT2D eigenvalue weighted by Crippen LogP contribution is 2.46. The zero-order valence-corrected chi connectivity index (χ0v) is 30.3. The summed E-state index contributed by atoms with van der Waals surface area (Å²) in [6, 6.07) is 54.1. The van der Waals surface area contributed by atoms with Crippen LogP contribution in [0.15, 0.2) is 201 Å². The van der Waals surface area contributed by atoms with Gasteiger partial charge in [0.2, 0.25) is 20.9 Å². The van der Waals surface area contributed by atoms with Crippen LogP contribution in [0, 0.1) is 0 Å². The third kappa shape index (κ3) is 8.68.